The van der Waals surface area contributed by atoms with E-state index in [4.69, 9.17) is 9.47 Å². The first-order valence-electron chi connectivity index (χ1n) is 12.1. The molecule has 0 spiro atoms. The maximum absolute atomic E-state index is 12.4. The van der Waals surface area contributed by atoms with Crippen LogP contribution in [0.1, 0.15) is 71.4 Å². The number of hydrogen-bond acceptors (Lipinski definition) is 4. The van der Waals surface area contributed by atoms with Gasteiger partial charge in [0.05, 0.1) is 7.11 Å². The summed E-state index contributed by atoms with van der Waals surface area (Å²) in [5.41, 5.74) is 3.25. The molecule has 0 saturated carbocycles. The molecule has 2 aromatic rings. The molecule has 0 radical (unpaired) electrons. The minimum absolute atomic E-state index is 0.0996. The number of rotatable bonds is 13. The van der Waals surface area contributed by atoms with Gasteiger partial charge in [0.25, 0.3) is 0 Å². The first kappa shape index (κ1) is 28.4. The van der Waals surface area contributed by atoms with Gasteiger partial charge in [-0.3, -0.25) is 4.79 Å². The van der Waals surface area contributed by atoms with Crippen molar-refractivity contribution in [2.24, 2.45) is 5.92 Å². The number of ether oxygens (including phenoxy) is 2. The van der Waals surface area contributed by atoms with Crippen LogP contribution in [0.25, 0.3) is 0 Å². The molecule has 0 bridgehead atoms. The summed E-state index contributed by atoms with van der Waals surface area (Å²) in [7, 11) is 1.59. The number of carbonyl (C=O) groups excluding carboxylic acids is 1. The lowest BCUT2D eigenvalue weighted by atomic mass is 9.95. The Balaban J connectivity index is 0.00000265. The van der Waals surface area contributed by atoms with Crippen LogP contribution in [-0.4, -0.2) is 24.1 Å². The van der Waals surface area contributed by atoms with E-state index in [2.05, 4.69) is 26.8 Å². The van der Waals surface area contributed by atoms with Crippen LogP contribution in [0.3, 0.4) is 0 Å². The molecule has 1 unspecified atom stereocenters. The lowest BCUT2D eigenvalue weighted by Crippen LogP contribution is -2.23. The van der Waals surface area contributed by atoms with E-state index in [9.17, 15) is 9.90 Å². The van der Waals surface area contributed by atoms with Gasteiger partial charge in [0, 0.05) is 12.8 Å². The lowest BCUT2D eigenvalue weighted by molar-refractivity contribution is -0.127. The van der Waals surface area contributed by atoms with E-state index in [-0.39, 0.29) is 12.2 Å². The van der Waals surface area contributed by atoms with Gasteiger partial charge in [-0.15, -0.1) is 0 Å². The summed E-state index contributed by atoms with van der Waals surface area (Å²) in [6, 6.07) is 15.5. The van der Waals surface area contributed by atoms with Gasteiger partial charge >= 0.3 is 0 Å². The van der Waals surface area contributed by atoms with Gasteiger partial charge < -0.3 is 14.6 Å². The minimum atomic E-state index is -0.995. The maximum Gasteiger partial charge on any atom is 0.161 e. The second-order valence-electron chi connectivity index (χ2n) is 8.45. The van der Waals surface area contributed by atoms with E-state index < -0.39 is 6.10 Å². The second kappa shape index (κ2) is 16.1. The molecule has 2 atom stereocenters. The van der Waals surface area contributed by atoms with Crippen molar-refractivity contribution >= 4 is 5.78 Å². The van der Waals surface area contributed by atoms with Crippen molar-refractivity contribution in [2.45, 2.75) is 79.4 Å². The average Bonchev–Trinajstić information content (AvgIpc) is 2.83. The molecule has 0 aliphatic rings. The van der Waals surface area contributed by atoms with Crippen LogP contribution in [0.5, 0.6) is 11.5 Å². The van der Waals surface area contributed by atoms with E-state index in [0.717, 1.165) is 30.4 Å². The van der Waals surface area contributed by atoms with Crippen molar-refractivity contribution in [3.05, 3.63) is 71.3 Å². The Morgan fingerprint density at radius 2 is 1.70 bits per heavy atom. The fourth-order valence-corrected chi connectivity index (χ4v) is 3.39. The summed E-state index contributed by atoms with van der Waals surface area (Å²) in [5.74, 6) is 1.60. The molecule has 0 aliphatic heterocycles. The Morgan fingerprint density at radius 1 is 1.00 bits per heavy atom. The van der Waals surface area contributed by atoms with Gasteiger partial charge in [-0.05, 0) is 62.3 Å². The molecule has 0 fully saturated rings. The zero-order valence-electron chi connectivity index (χ0n) is 21.3. The van der Waals surface area contributed by atoms with E-state index in [1.54, 1.807) is 7.11 Å². The molecule has 2 rings (SSSR count). The number of Topliss-reactive ketones (excluding diaryl/α,β-unsaturated/α-hetero) is 1. The number of aliphatic hydroxyl groups excluding tert-OH is 1. The Bertz CT molecular complexity index is 838. The minimum Gasteiger partial charge on any atom is -0.493 e. The Kier molecular flexibility index (Phi) is 13.9. The van der Waals surface area contributed by atoms with Gasteiger partial charge in [0.2, 0.25) is 0 Å². The number of methoxy groups -OCH3 is 1. The molecule has 182 valence electrons. The van der Waals surface area contributed by atoms with Crippen molar-refractivity contribution < 1.29 is 19.4 Å². The molecule has 0 heterocycles. The summed E-state index contributed by atoms with van der Waals surface area (Å²) >= 11 is 0. The first-order chi connectivity index (χ1) is 15.9. The standard InChI is InChI=1S/C27H36O4.C2H6/c1-20(2)9-8-10-21(3)13-15-24(28)25(29)17-23-14-16-26(27(18-23)30-4)31-19-22-11-6-5-7-12-22;1-2/h5-7,9,11-12,14,16,18,21,25,29H,8,10,13,15,17,19H2,1-4H3;1-2H3/t21-,25?;/m0./s1. The van der Waals surface area contributed by atoms with Crippen molar-refractivity contribution in [1.29, 1.82) is 0 Å². The number of hydrogen-bond donors (Lipinski definition) is 1. The highest BCUT2D eigenvalue weighted by molar-refractivity contribution is 5.83. The van der Waals surface area contributed by atoms with Gasteiger partial charge in [-0.1, -0.05) is 68.8 Å². The first-order valence-corrected chi connectivity index (χ1v) is 12.1. The molecule has 0 aliphatic carbocycles. The van der Waals surface area contributed by atoms with Crippen LogP contribution < -0.4 is 9.47 Å². The molecule has 4 nitrogen and oxygen atoms in total. The summed E-state index contributed by atoms with van der Waals surface area (Å²) in [6.45, 7) is 10.8. The molecule has 2 aromatic carbocycles. The third kappa shape index (κ3) is 11.2. The summed E-state index contributed by atoms with van der Waals surface area (Å²) in [4.78, 5) is 12.4. The van der Waals surface area contributed by atoms with Crippen molar-refractivity contribution in [1.82, 2.24) is 0 Å². The second-order valence-corrected chi connectivity index (χ2v) is 8.45. The molecular weight excluding hydrogens is 412 g/mol. The highest BCUT2D eigenvalue weighted by Gasteiger charge is 2.18. The number of allylic oxidation sites excluding steroid dienone is 2. The molecule has 33 heavy (non-hydrogen) atoms. The van der Waals surface area contributed by atoms with Gasteiger partial charge in [0.15, 0.2) is 17.3 Å². The van der Waals surface area contributed by atoms with Crippen molar-refractivity contribution in [3.63, 3.8) is 0 Å². The van der Waals surface area contributed by atoms with Gasteiger partial charge in [0.1, 0.15) is 12.7 Å². The average molecular weight is 455 g/mol. The summed E-state index contributed by atoms with van der Waals surface area (Å²) < 4.78 is 11.3. The molecule has 4 heteroatoms. The van der Waals surface area contributed by atoms with Crippen LogP contribution in [0.15, 0.2) is 60.2 Å². The van der Waals surface area contributed by atoms with Crippen LogP contribution >= 0.6 is 0 Å². The third-order valence-electron chi connectivity index (χ3n) is 5.36. The highest BCUT2D eigenvalue weighted by Crippen LogP contribution is 2.29. The number of ketones is 1. The third-order valence-corrected chi connectivity index (χ3v) is 5.36. The topological polar surface area (TPSA) is 55.8 Å². The SMILES string of the molecule is CC.COc1cc(CC(O)C(=O)CC[C@@H](C)CCC=C(C)C)ccc1OCc1ccccc1. The van der Waals surface area contributed by atoms with Crippen LogP contribution in [0.4, 0.5) is 0 Å². The maximum atomic E-state index is 12.4. The molecule has 0 saturated heterocycles. The predicted octanol–water partition coefficient (Wildman–Crippen LogP) is 6.94. The zero-order valence-corrected chi connectivity index (χ0v) is 21.3. The monoisotopic (exact) mass is 454 g/mol. The van der Waals surface area contributed by atoms with Crippen molar-refractivity contribution in [2.75, 3.05) is 7.11 Å². The van der Waals surface area contributed by atoms with E-state index in [0.29, 0.717) is 30.4 Å². The Labute approximate surface area is 200 Å². The fourth-order valence-electron chi connectivity index (χ4n) is 3.39. The van der Waals surface area contributed by atoms with E-state index >= 15 is 0 Å². The molecular formula is C29H42O4. The highest BCUT2D eigenvalue weighted by atomic mass is 16.5. The number of carbonyl (C=O) groups is 1. The summed E-state index contributed by atoms with van der Waals surface area (Å²) in [5, 5.41) is 10.4. The largest absolute Gasteiger partial charge is 0.493 e. The van der Waals surface area contributed by atoms with E-state index in [1.165, 1.54) is 5.57 Å². The molecule has 0 aromatic heterocycles. The van der Waals surface area contributed by atoms with E-state index in [1.807, 2.05) is 62.4 Å². The normalized spacial score (nSPS) is 12.1. The lowest BCUT2D eigenvalue weighted by Gasteiger charge is -2.15. The predicted molar refractivity (Wildman–Crippen MR) is 137 cm³/mol. The van der Waals surface area contributed by atoms with Gasteiger partial charge in [-0.25, -0.2) is 0 Å². The quantitative estimate of drug-likeness (QED) is 0.333. The summed E-state index contributed by atoms with van der Waals surface area (Å²) in [6.07, 6.45) is 4.84. The van der Waals surface area contributed by atoms with Crippen LogP contribution in [0.2, 0.25) is 0 Å². The zero-order chi connectivity index (χ0) is 24.6. The van der Waals surface area contributed by atoms with Crippen LogP contribution in [0, 0.1) is 5.92 Å². The van der Waals surface area contributed by atoms with Gasteiger partial charge in [-0.2, -0.15) is 0 Å². The Hall–Kier alpha value is -2.59. The Morgan fingerprint density at radius 3 is 2.33 bits per heavy atom. The number of benzene rings is 2. The molecule has 1 N–H and O–H groups in total. The van der Waals surface area contributed by atoms with Crippen molar-refractivity contribution in [3.8, 4) is 11.5 Å². The fraction of sp³-hybridized carbons (Fsp3) is 0.483. The smallest absolute Gasteiger partial charge is 0.161 e. The number of aliphatic hydroxyl groups is 1. The molecule has 0 amide bonds. The van der Waals surface area contributed by atoms with Crippen LogP contribution in [-0.2, 0) is 17.8 Å².